The van der Waals surface area contributed by atoms with Crippen LogP contribution in [-0.2, 0) is 42.9 Å². The van der Waals surface area contributed by atoms with Gasteiger partial charge in [-0.25, -0.2) is 9.59 Å². The van der Waals surface area contributed by atoms with Crippen molar-refractivity contribution in [1.82, 2.24) is 0 Å². The summed E-state index contributed by atoms with van der Waals surface area (Å²) < 4.78 is 27.9. The monoisotopic (exact) mass is 626 g/mol. The van der Waals surface area contributed by atoms with E-state index in [-0.39, 0.29) is 18.4 Å². The standard InChI is InChI=1S/C34H42O11/c1-9-17(2)27(37)45-30-31(4,5)25(24(28(38)41-8)43-18(3)35)33(7)21-10-12-32(6)22(20(21)15-34(30,40)29(33)39)14-23(36)44-26(32)19-11-13-42-16-19/h9,11,13,16,21,24-26,30,40H,10,12,14-15H2,1-8H3/b17-9+/t21-,24+,25+,26+,30-,32+,33+,34+/m1/s1. The van der Waals surface area contributed by atoms with E-state index in [1.807, 2.05) is 6.92 Å². The van der Waals surface area contributed by atoms with Crippen LogP contribution in [0.1, 0.15) is 85.8 Å². The molecular formula is C34H42O11. The van der Waals surface area contributed by atoms with Crippen LogP contribution < -0.4 is 0 Å². The molecule has 2 heterocycles. The number of allylic oxidation sites excluding steroid dienone is 1. The fraction of sp³-hybridized carbons (Fsp3) is 0.618. The summed E-state index contributed by atoms with van der Waals surface area (Å²) in [5, 5.41) is 12.6. The summed E-state index contributed by atoms with van der Waals surface area (Å²) in [5.41, 5.74) is -3.33. The highest BCUT2D eigenvalue weighted by Gasteiger charge is 2.76. The second kappa shape index (κ2) is 11.0. The molecule has 4 aliphatic rings. The number of hydrogen-bond acceptors (Lipinski definition) is 11. The molecule has 0 spiro atoms. The molecule has 0 radical (unpaired) electrons. The van der Waals surface area contributed by atoms with Gasteiger partial charge in [0.1, 0.15) is 12.2 Å². The molecule has 3 aliphatic carbocycles. The van der Waals surface area contributed by atoms with Crippen molar-refractivity contribution >= 4 is 29.7 Å². The first-order chi connectivity index (χ1) is 21.0. The molecular weight excluding hydrogens is 584 g/mol. The number of methoxy groups -OCH3 is 1. The fourth-order valence-corrected chi connectivity index (χ4v) is 9.09. The number of aliphatic hydroxyl groups is 1. The van der Waals surface area contributed by atoms with Crippen molar-refractivity contribution in [3.05, 3.63) is 47.0 Å². The molecule has 1 aromatic heterocycles. The van der Waals surface area contributed by atoms with E-state index >= 15 is 0 Å². The Balaban J connectivity index is 1.79. The summed E-state index contributed by atoms with van der Waals surface area (Å²) in [6.45, 7) is 11.5. The van der Waals surface area contributed by atoms with Gasteiger partial charge in [0.2, 0.25) is 6.10 Å². The second-order valence-electron chi connectivity index (χ2n) is 13.9. The number of fused-ring (bicyclic) bond motifs is 5. The van der Waals surface area contributed by atoms with Gasteiger partial charge in [0.25, 0.3) is 0 Å². The van der Waals surface area contributed by atoms with Crippen molar-refractivity contribution in [3.63, 3.8) is 0 Å². The van der Waals surface area contributed by atoms with E-state index in [0.29, 0.717) is 24.0 Å². The molecule has 1 aliphatic heterocycles. The maximum atomic E-state index is 14.8. The lowest BCUT2D eigenvalue weighted by Gasteiger charge is -2.66. The molecule has 11 heteroatoms. The van der Waals surface area contributed by atoms with Crippen LogP contribution >= 0.6 is 0 Å². The maximum Gasteiger partial charge on any atom is 0.347 e. The Kier molecular flexibility index (Phi) is 7.95. The van der Waals surface area contributed by atoms with Crippen LogP contribution in [0.2, 0.25) is 0 Å². The minimum atomic E-state index is -2.22. The Labute approximate surface area is 262 Å². The number of furan rings is 1. The number of cyclic esters (lactones) is 1. The van der Waals surface area contributed by atoms with Crippen LogP contribution in [-0.4, -0.2) is 59.7 Å². The van der Waals surface area contributed by atoms with Crippen molar-refractivity contribution in [2.45, 2.75) is 98.1 Å². The first-order valence-electron chi connectivity index (χ1n) is 15.3. The Hall–Kier alpha value is -3.73. The summed E-state index contributed by atoms with van der Waals surface area (Å²) in [7, 11) is 1.16. The lowest BCUT2D eigenvalue weighted by Crippen LogP contribution is -2.77. The zero-order chi connectivity index (χ0) is 33.3. The minimum Gasteiger partial charge on any atom is -0.472 e. The van der Waals surface area contributed by atoms with Crippen LogP contribution in [0.5, 0.6) is 0 Å². The molecule has 11 nitrogen and oxygen atoms in total. The first kappa shape index (κ1) is 32.7. The van der Waals surface area contributed by atoms with Gasteiger partial charge in [-0.05, 0) is 44.2 Å². The number of carbonyl (C=O) groups is 5. The van der Waals surface area contributed by atoms with Crippen molar-refractivity contribution < 1.29 is 52.4 Å². The first-order valence-corrected chi connectivity index (χ1v) is 15.3. The van der Waals surface area contributed by atoms with Crippen LogP contribution in [0.25, 0.3) is 0 Å². The van der Waals surface area contributed by atoms with E-state index in [0.717, 1.165) is 19.6 Å². The molecule has 1 saturated heterocycles. The smallest absolute Gasteiger partial charge is 0.347 e. The lowest BCUT2D eigenvalue weighted by atomic mass is 9.39. The minimum absolute atomic E-state index is 0.0579. The van der Waals surface area contributed by atoms with Crippen LogP contribution in [0, 0.1) is 28.1 Å². The van der Waals surface area contributed by atoms with Gasteiger partial charge in [-0.15, -0.1) is 0 Å². The van der Waals surface area contributed by atoms with Crippen LogP contribution in [0.3, 0.4) is 0 Å². The highest BCUT2D eigenvalue weighted by Crippen LogP contribution is 2.69. The molecule has 45 heavy (non-hydrogen) atoms. The number of Topliss-reactive ketones (excluding diaryl/α,β-unsaturated/α-hetero) is 1. The molecule has 2 saturated carbocycles. The molecule has 1 aromatic rings. The normalized spacial score (nSPS) is 36.2. The Morgan fingerprint density at radius 2 is 1.82 bits per heavy atom. The van der Waals surface area contributed by atoms with Gasteiger partial charge in [-0.3, -0.25) is 14.4 Å². The molecule has 0 amide bonds. The average molecular weight is 627 g/mol. The number of esters is 4. The number of carbonyl (C=O) groups excluding carboxylic acids is 5. The fourth-order valence-electron chi connectivity index (χ4n) is 9.09. The molecule has 244 valence electrons. The predicted molar refractivity (Wildman–Crippen MR) is 157 cm³/mol. The maximum absolute atomic E-state index is 14.8. The summed E-state index contributed by atoms with van der Waals surface area (Å²) in [6, 6.07) is 1.74. The summed E-state index contributed by atoms with van der Waals surface area (Å²) in [4.78, 5) is 67.0. The molecule has 0 aromatic carbocycles. The van der Waals surface area contributed by atoms with Crippen molar-refractivity contribution in [2.75, 3.05) is 7.11 Å². The summed E-state index contributed by atoms with van der Waals surface area (Å²) in [5.74, 6) is -5.08. The Morgan fingerprint density at radius 3 is 2.40 bits per heavy atom. The number of hydrogen-bond donors (Lipinski definition) is 1. The zero-order valence-electron chi connectivity index (χ0n) is 27.1. The molecule has 5 rings (SSSR count). The largest absolute Gasteiger partial charge is 0.472 e. The third-order valence-electron chi connectivity index (χ3n) is 11.1. The quantitative estimate of drug-likeness (QED) is 0.208. The van der Waals surface area contributed by atoms with E-state index in [1.54, 1.807) is 46.8 Å². The second-order valence-corrected chi connectivity index (χ2v) is 13.9. The molecule has 0 unspecified atom stereocenters. The predicted octanol–water partition coefficient (Wildman–Crippen LogP) is 4.33. The van der Waals surface area contributed by atoms with Crippen LogP contribution in [0.15, 0.2) is 45.8 Å². The topological polar surface area (TPSA) is 156 Å². The van der Waals surface area contributed by atoms with Crippen molar-refractivity contribution in [2.24, 2.45) is 28.1 Å². The van der Waals surface area contributed by atoms with Crippen molar-refractivity contribution in [1.29, 1.82) is 0 Å². The number of ketones is 1. The number of rotatable bonds is 6. The molecule has 2 bridgehead atoms. The summed E-state index contributed by atoms with van der Waals surface area (Å²) in [6.07, 6.45) is 1.65. The van der Waals surface area contributed by atoms with Crippen LogP contribution in [0.4, 0.5) is 0 Å². The third-order valence-corrected chi connectivity index (χ3v) is 11.1. The Bertz CT molecular complexity index is 1500. The Morgan fingerprint density at radius 1 is 1.13 bits per heavy atom. The van der Waals surface area contributed by atoms with E-state index in [1.165, 1.54) is 12.5 Å². The van der Waals surface area contributed by atoms with Gasteiger partial charge in [0, 0.05) is 46.6 Å². The van der Waals surface area contributed by atoms with Gasteiger partial charge in [-0.2, -0.15) is 0 Å². The van der Waals surface area contributed by atoms with E-state index < -0.39 is 81.7 Å². The zero-order valence-corrected chi connectivity index (χ0v) is 27.1. The van der Waals surface area contributed by atoms with Crippen molar-refractivity contribution in [3.8, 4) is 0 Å². The highest BCUT2D eigenvalue weighted by atomic mass is 16.6. The van der Waals surface area contributed by atoms with Gasteiger partial charge >= 0.3 is 23.9 Å². The van der Waals surface area contributed by atoms with Gasteiger partial charge in [-0.1, -0.05) is 39.3 Å². The summed E-state index contributed by atoms with van der Waals surface area (Å²) >= 11 is 0. The highest BCUT2D eigenvalue weighted by molar-refractivity contribution is 5.99. The molecule has 3 fully saturated rings. The average Bonchev–Trinajstić information content (AvgIpc) is 3.51. The molecule has 1 N–H and O–H groups in total. The van der Waals surface area contributed by atoms with Gasteiger partial charge < -0.3 is 28.5 Å². The van der Waals surface area contributed by atoms with E-state index in [4.69, 9.17) is 23.4 Å². The van der Waals surface area contributed by atoms with E-state index in [2.05, 4.69) is 0 Å². The van der Waals surface area contributed by atoms with E-state index in [9.17, 15) is 29.1 Å². The lowest BCUT2D eigenvalue weighted by molar-refractivity contribution is -0.247. The SMILES string of the molecule is C/C=C(\C)C(=O)O[C@@H]1C(C)(C)[C@H]([C@H](OC(C)=O)C(=O)OC)[C@@]2(C)C(=O)[C@@]1(O)CC1=C3CC(=O)O[C@@H](c4ccoc4)[C@@]3(C)CC[C@H]12. The van der Waals surface area contributed by atoms with Gasteiger partial charge in [0.05, 0.1) is 26.1 Å². The number of ether oxygens (including phenoxy) is 4. The molecule has 8 atom stereocenters. The third kappa shape index (κ3) is 4.68. The van der Waals surface area contributed by atoms with Gasteiger partial charge in [0.15, 0.2) is 11.4 Å².